The van der Waals surface area contributed by atoms with Gasteiger partial charge in [-0.3, -0.25) is 14.9 Å². The number of carbonyl (C=O) groups is 1. The van der Waals surface area contributed by atoms with E-state index < -0.39 is 22.4 Å². The topological polar surface area (TPSA) is 134 Å². The monoisotopic (exact) mass is 290 g/mol. The third-order valence-electron chi connectivity index (χ3n) is 2.80. The van der Waals surface area contributed by atoms with Crippen LogP contribution >= 0.6 is 0 Å². The Morgan fingerprint density at radius 3 is 2.62 bits per heavy atom. The molecule has 0 unspecified atom stereocenters. The molecule has 110 valence electrons. The number of aliphatic imine (C=N–C) groups is 1. The quantitative estimate of drug-likeness (QED) is 0.363. The number of rotatable bonds is 2. The Morgan fingerprint density at radius 1 is 1.38 bits per heavy atom. The summed E-state index contributed by atoms with van der Waals surface area (Å²) in [7, 11) is 0. The number of amides is 1. The van der Waals surface area contributed by atoms with Gasteiger partial charge in [0.25, 0.3) is 5.91 Å². The minimum atomic E-state index is -0.751. The average Bonchev–Trinajstić information content (AvgIpc) is 2.35. The minimum Gasteiger partial charge on any atom is -0.476 e. The number of benzene rings is 1. The summed E-state index contributed by atoms with van der Waals surface area (Å²) >= 11 is 0. The summed E-state index contributed by atoms with van der Waals surface area (Å²) < 4.78 is 5.60. The highest BCUT2D eigenvalue weighted by atomic mass is 16.6. The number of fused-ring (bicyclic) bond motifs is 1. The van der Waals surface area contributed by atoms with Gasteiger partial charge in [-0.1, -0.05) is 6.08 Å². The van der Waals surface area contributed by atoms with Crippen LogP contribution in [0, 0.1) is 10.1 Å². The number of hydrogen-bond acceptors (Lipinski definition) is 4. The summed E-state index contributed by atoms with van der Waals surface area (Å²) in [6.07, 6.45) is 3.41. The Balaban J connectivity index is 2.60. The van der Waals surface area contributed by atoms with E-state index in [1.807, 2.05) is 0 Å². The lowest BCUT2D eigenvalue weighted by Gasteiger charge is -2.27. The second-order valence-electron chi connectivity index (χ2n) is 5.05. The van der Waals surface area contributed by atoms with Gasteiger partial charge in [-0.05, 0) is 26.0 Å². The van der Waals surface area contributed by atoms with E-state index >= 15 is 0 Å². The van der Waals surface area contributed by atoms with Crippen molar-refractivity contribution in [2.45, 2.75) is 19.4 Å². The van der Waals surface area contributed by atoms with E-state index in [4.69, 9.17) is 16.2 Å². The molecule has 1 aromatic carbocycles. The van der Waals surface area contributed by atoms with Gasteiger partial charge < -0.3 is 16.2 Å². The van der Waals surface area contributed by atoms with Crippen LogP contribution < -0.4 is 16.2 Å². The summed E-state index contributed by atoms with van der Waals surface area (Å²) in [5, 5.41) is 11.2. The maximum absolute atomic E-state index is 11.8. The lowest BCUT2D eigenvalue weighted by Crippen LogP contribution is -2.28. The smallest absolute Gasteiger partial charge is 0.312 e. The second-order valence-corrected chi connectivity index (χ2v) is 5.05. The lowest BCUT2D eigenvalue weighted by molar-refractivity contribution is -0.386. The second kappa shape index (κ2) is 4.89. The molecule has 0 aliphatic carbocycles. The van der Waals surface area contributed by atoms with Crippen molar-refractivity contribution in [3.8, 4) is 5.75 Å². The van der Waals surface area contributed by atoms with Gasteiger partial charge >= 0.3 is 5.69 Å². The third-order valence-corrected chi connectivity index (χ3v) is 2.80. The van der Waals surface area contributed by atoms with Crippen LogP contribution in [-0.4, -0.2) is 22.4 Å². The molecule has 0 fully saturated rings. The highest BCUT2D eigenvalue weighted by Crippen LogP contribution is 2.39. The van der Waals surface area contributed by atoms with E-state index in [-0.39, 0.29) is 17.0 Å². The van der Waals surface area contributed by atoms with Crippen LogP contribution in [0.2, 0.25) is 0 Å². The molecule has 0 saturated carbocycles. The third kappa shape index (κ3) is 2.99. The van der Waals surface area contributed by atoms with Crippen molar-refractivity contribution in [3.05, 3.63) is 39.4 Å². The number of carbonyl (C=O) groups excluding carboxylic acids is 1. The Bertz CT molecular complexity index is 688. The molecule has 1 amide bonds. The number of nitrogens with zero attached hydrogens (tertiary/aromatic N) is 2. The van der Waals surface area contributed by atoms with Crippen LogP contribution in [-0.2, 0) is 0 Å². The molecule has 1 aliphatic rings. The highest BCUT2D eigenvalue weighted by molar-refractivity contribution is 6.03. The SMILES string of the molecule is CC1(C)C=Cc2cc(C(=O)N=C(N)N)cc([N+](=O)[O-])c2O1. The number of ether oxygens (including phenoxy) is 1. The van der Waals surface area contributed by atoms with Crippen molar-refractivity contribution in [2.75, 3.05) is 0 Å². The molecule has 0 spiro atoms. The molecular weight excluding hydrogens is 276 g/mol. The number of nitro groups is 1. The van der Waals surface area contributed by atoms with Crippen LogP contribution in [0.1, 0.15) is 29.8 Å². The molecule has 0 bridgehead atoms. The predicted octanol–water partition coefficient (Wildman–Crippen LogP) is 1.19. The van der Waals surface area contributed by atoms with Gasteiger partial charge in [0.15, 0.2) is 5.96 Å². The summed E-state index contributed by atoms with van der Waals surface area (Å²) in [6, 6.07) is 2.55. The number of hydrogen-bond donors (Lipinski definition) is 2. The molecule has 4 N–H and O–H groups in total. The van der Waals surface area contributed by atoms with E-state index in [1.54, 1.807) is 26.0 Å². The van der Waals surface area contributed by atoms with Gasteiger partial charge in [0.05, 0.1) is 4.92 Å². The van der Waals surface area contributed by atoms with E-state index in [0.717, 1.165) is 6.07 Å². The Hall–Kier alpha value is -2.90. The summed E-state index contributed by atoms with van der Waals surface area (Å²) in [5.41, 5.74) is 9.75. The minimum absolute atomic E-state index is 0.0156. The van der Waals surface area contributed by atoms with Gasteiger partial charge in [-0.15, -0.1) is 0 Å². The molecule has 0 atom stereocenters. The van der Waals surface area contributed by atoms with Crippen molar-refractivity contribution in [3.63, 3.8) is 0 Å². The molecule has 1 heterocycles. The summed E-state index contributed by atoms with van der Waals surface area (Å²) in [6.45, 7) is 3.54. The number of nitrogens with two attached hydrogens (primary N) is 2. The molecule has 21 heavy (non-hydrogen) atoms. The number of nitro benzene ring substituents is 1. The first-order chi connectivity index (χ1) is 9.69. The highest BCUT2D eigenvalue weighted by Gasteiger charge is 2.30. The molecule has 8 nitrogen and oxygen atoms in total. The largest absolute Gasteiger partial charge is 0.476 e. The van der Waals surface area contributed by atoms with Crippen molar-refractivity contribution in [2.24, 2.45) is 16.5 Å². The molecule has 0 aromatic heterocycles. The van der Waals surface area contributed by atoms with Gasteiger partial charge in [-0.25, -0.2) is 0 Å². The van der Waals surface area contributed by atoms with Crippen molar-refractivity contribution in [1.29, 1.82) is 0 Å². The molecule has 0 radical (unpaired) electrons. The van der Waals surface area contributed by atoms with Crippen LogP contribution in [0.4, 0.5) is 5.69 Å². The fraction of sp³-hybridized carbons (Fsp3) is 0.231. The van der Waals surface area contributed by atoms with Crippen LogP contribution in [0.5, 0.6) is 5.75 Å². The molecule has 1 aromatic rings. The molecule has 0 saturated heterocycles. The zero-order chi connectivity index (χ0) is 15.8. The van der Waals surface area contributed by atoms with Gasteiger partial charge in [0.2, 0.25) is 5.75 Å². The molecule has 2 rings (SSSR count). The van der Waals surface area contributed by atoms with E-state index in [9.17, 15) is 14.9 Å². The fourth-order valence-electron chi connectivity index (χ4n) is 1.90. The van der Waals surface area contributed by atoms with Gasteiger partial charge in [0.1, 0.15) is 5.60 Å². The van der Waals surface area contributed by atoms with Crippen molar-refractivity contribution in [1.82, 2.24) is 0 Å². The van der Waals surface area contributed by atoms with Gasteiger partial charge in [-0.2, -0.15) is 4.99 Å². The van der Waals surface area contributed by atoms with Crippen molar-refractivity contribution < 1.29 is 14.5 Å². The van der Waals surface area contributed by atoms with E-state index in [1.165, 1.54) is 6.07 Å². The first kappa shape index (κ1) is 14.5. The maximum atomic E-state index is 11.8. The van der Waals surface area contributed by atoms with Crippen LogP contribution in [0.15, 0.2) is 23.2 Å². The first-order valence-electron chi connectivity index (χ1n) is 6.04. The van der Waals surface area contributed by atoms with E-state index in [2.05, 4.69) is 4.99 Å². The first-order valence-corrected chi connectivity index (χ1v) is 6.04. The zero-order valence-corrected chi connectivity index (χ0v) is 11.5. The molecular formula is C13H14N4O4. The average molecular weight is 290 g/mol. The van der Waals surface area contributed by atoms with Crippen LogP contribution in [0.25, 0.3) is 6.08 Å². The summed E-state index contributed by atoms with van der Waals surface area (Å²) in [4.78, 5) is 25.8. The van der Waals surface area contributed by atoms with Crippen LogP contribution in [0.3, 0.4) is 0 Å². The maximum Gasteiger partial charge on any atom is 0.312 e. The normalized spacial score (nSPS) is 14.8. The lowest BCUT2D eigenvalue weighted by atomic mass is 9.99. The molecule has 8 heteroatoms. The van der Waals surface area contributed by atoms with Crippen molar-refractivity contribution >= 4 is 23.6 Å². The standard InChI is InChI=1S/C13H14N4O4/c1-13(2)4-3-7-5-8(11(18)16-12(14)15)6-9(17(19)20)10(7)21-13/h3-6H,1-2H3,(H4,14,15,16,18). The zero-order valence-electron chi connectivity index (χ0n) is 11.5. The number of guanidine groups is 1. The van der Waals surface area contributed by atoms with E-state index in [0.29, 0.717) is 5.56 Å². The fourth-order valence-corrected chi connectivity index (χ4v) is 1.90. The Kier molecular flexibility index (Phi) is 3.38. The Morgan fingerprint density at radius 2 is 2.05 bits per heavy atom. The molecule has 1 aliphatic heterocycles. The Labute approximate surface area is 120 Å². The predicted molar refractivity (Wildman–Crippen MR) is 77.0 cm³/mol. The van der Waals surface area contributed by atoms with Gasteiger partial charge in [0, 0.05) is 17.2 Å². The summed E-state index contributed by atoms with van der Waals surface area (Å²) in [5.74, 6) is -1.04.